The van der Waals surface area contributed by atoms with E-state index in [2.05, 4.69) is 38.6 Å². The van der Waals surface area contributed by atoms with Gasteiger partial charge < -0.3 is 60.2 Å². The van der Waals surface area contributed by atoms with Gasteiger partial charge in [-0.15, -0.1) is 5.10 Å². The molecule has 0 saturated carbocycles. The van der Waals surface area contributed by atoms with Crippen molar-refractivity contribution in [1.29, 1.82) is 0 Å². The van der Waals surface area contributed by atoms with Crippen LogP contribution in [0.1, 0.15) is 32.2 Å². The van der Waals surface area contributed by atoms with Crippen molar-refractivity contribution in [3.8, 4) is 0 Å². The number of hydrogen-bond donors (Lipinski definition) is 8. The molecule has 9 N–H and O–H groups in total. The van der Waals surface area contributed by atoms with Crippen LogP contribution in [0.2, 0.25) is 0 Å². The molecule has 2 aliphatic heterocycles. The molecule has 2 aliphatic rings. The van der Waals surface area contributed by atoms with Crippen molar-refractivity contribution in [2.45, 2.75) is 87.7 Å². The number of aliphatic hydroxyl groups is 6. The molecule has 0 bridgehead atoms. The molecule has 28 heteroatoms. The van der Waals surface area contributed by atoms with Crippen LogP contribution < -0.4 is 80.2 Å². The second-order valence-electron chi connectivity index (χ2n) is 11.2. The van der Waals surface area contributed by atoms with Gasteiger partial charge in [0, 0.05) is 0 Å². The van der Waals surface area contributed by atoms with Crippen molar-refractivity contribution in [2.24, 2.45) is 0 Å². The van der Waals surface area contributed by atoms with Gasteiger partial charge in [0.25, 0.3) is 21.2 Å². The van der Waals surface area contributed by atoms with Crippen LogP contribution in [-0.2, 0) is 44.1 Å². The van der Waals surface area contributed by atoms with Gasteiger partial charge in [0.15, 0.2) is 23.7 Å². The molecular formula is C22H32N8Na2O16P2. The summed E-state index contributed by atoms with van der Waals surface area (Å²) < 4.78 is 51.0. The van der Waals surface area contributed by atoms with Crippen molar-refractivity contribution < 1.29 is 132 Å². The van der Waals surface area contributed by atoms with Crippen LogP contribution in [0.4, 0.5) is 5.95 Å². The molecule has 0 aromatic carbocycles. The van der Waals surface area contributed by atoms with Gasteiger partial charge in [-0.05, 0) is 13.3 Å². The molecule has 5 heterocycles. The topological polar surface area (TPSA) is 368 Å². The summed E-state index contributed by atoms with van der Waals surface area (Å²) >= 11 is 0. The maximum absolute atomic E-state index is 12.5. The zero-order valence-corrected chi connectivity index (χ0v) is 32.7. The smallest absolute Gasteiger partial charge is 0.756 e. The first-order valence-electron chi connectivity index (χ1n) is 14.1. The molecule has 268 valence electrons. The number of hydrogen-bond acceptors (Lipinski definition) is 21. The fraction of sp³-hybridized carbons (Fsp3) is 0.682. The van der Waals surface area contributed by atoms with Crippen LogP contribution in [-0.4, -0.2) is 121 Å². The third-order valence-corrected chi connectivity index (χ3v) is 10.2. The molecule has 12 atom stereocenters. The second kappa shape index (κ2) is 16.7. The van der Waals surface area contributed by atoms with Crippen molar-refractivity contribution in [3.63, 3.8) is 0 Å². The Morgan fingerprint density at radius 3 is 2.36 bits per heavy atom. The number of aliphatic hydroxyl groups excluding tert-OH is 5. The molecule has 0 amide bonds. The number of nitrogens with one attached hydrogen (secondary N) is 1. The zero-order chi connectivity index (χ0) is 35.3. The van der Waals surface area contributed by atoms with Gasteiger partial charge in [-0.25, -0.2) is 14.0 Å². The molecule has 3 unspecified atom stereocenters. The monoisotopic (exact) mass is 772 g/mol. The van der Waals surface area contributed by atoms with Gasteiger partial charge in [0.2, 0.25) is 5.95 Å². The van der Waals surface area contributed by atoms with E-state index in [1.807, 2.05) is 0 Å². The first-order valence-corrected chi connectivity index (χ1v) is 17.0. The summed E-state index contributed by atoms with van der Waals surface area (Å²) in [6, 6.07) is 0. The maximum Gasteiger partial charge on any atom is 1.00 e. The fourth-order valence-electron chi connectivity index (χ4n) is 4.84. The van der Waals surface area contributed by atoms with E-state index in [0.29, 0.717) is 0 Å². The molecule has 0 aliphatic carbocycles. The van der Waals surface area contributed by atoms with Gasteiger partial charge in [-0.2, -0.15) is 4.98 Å². The number of rotatable bonds is 12. The number of ether oxygens (including phenoxy) is 2. The third-order valence-electron chi connectivity index (χ3n) is 7.71. The molecule has 2 fully saturated rings. The minimum Gasteiger partial charge on any atom is -0.756 e. The standard InChI is InChI=1S/C22H34N8O16P2.2Na/c1-3-22(2,37)10-5-29(28-27-10)4-8-12(31)14(33)16(35)20(44-8)45-48(40,41)46-47(38,39)42-6-9-13(32)15(34)19(43-9)30-7-24-11-17(30)25-21(23)26-18(11)36;;/h5,7-9,12-16,19-20,31-35,37H,3-4,6H2,1-2H3,(H,38,39)(H,40,41)(H3,23,25,26,36);;/q;2*+1/p-2/t8-,9+,12+,13+,14+,15+,16-,19+,20+,22?;;/m0../s1. The second-order valence-corrected chi connectivity index (χ2v) is 14.1. The summed E-state index contributed by atoms with van der Waals surface area (Å²) in [6.45, 7) is 1.68. The van der Waals surface area contributed by atoms with E-state index < -0.39 is 95.2 Å². The minimum atomic E-state index is -5.99. The molecule has 5 rings (SSSR count). The number of phosphoric ester groups is 2. The number of imidazole rings is 1. The summed E-state index contributed by atoms with van der Waals surface area (Å²) in [4.78, 5) is 47.0. The molecule has 50 heavy (non-hydrogen) atoms. The number of phosphoric acid groups is 2. The molecule has 3 aromatic heterocycles. The van der Waals surface area contributed by atoms with Gasteiger partial charge in [0.05, 0.1) is 25.7 Å². The van der Waals surface area contributed by atoms with Crippen LogP contribution in [0, 0.1) is 0 Å². The molecule has 3 aromatic rings. The Balaban J connectivity index is 0.00000338. The number of H-pyrrole nitrogens is 1. The van der Waals surface area contributed by atoms with Crippen molar-refractivity contribution in [1.82, 2.24) is 34.5 Å². The Bertz CT molecular complexity index is 1780. The van der Waals surface area contributed by atoms with Crippen LogP contribution >= 0.6 is 15.6 Å². The minimum absolute atomic E-state index is 0. The van der Waals surface area contributed by atoms with E-state index >= 15 is 0 Å². The molecule has 2 saturated heterocycles. The SMILES string of the molecule is CCC(C)(O)c1cn(C[C@@H]2O[C@H](OP(=O)([O-])OP(=O)([O-])OC[C@H]3O[C@@H](n4cnc5c(=O)[nH]c(N)nc54)[C@H](O)[C@@H]3O)[C@@H](O)[C@H](O)[C@@H]2O)nn1.[Na+].[Na+]. The molecule has 0 spiro atoms. The summed E-state index contributed by atoms with van der Waals surface area (Å²) in [7, 11) is -11.8. The number of nitrogens with two attached hydrogens (primary N) is 1. The molecule has 24 nitrogen and oxygen atoms in total. The molecular weight excluding hydrogens is 740 g/mol. The zero-order valence-electron chi connectivity index (χ0n) is 26.9. The first-order chi connectivity index (χ1) is 22.3. The number of nitrogens with zero attached hydrogens (tertiary/aromatic N) is 6. The maximum atomic E-state index is 12.5. The first kappa shape index (κ1) is 43.6. The Morgan fingerprint density at radius 2 is 1.70 bits per heavy atom. The van der Waals surface area contributed by atoms with E-state index in [-0.39, 0.29) is 88.3 Å². The average Bonchev–Trinajstić information content (AvgIpc) is 3.71. The number of aromatic amines is 1. The van der Waals surface area contributed by atoms with Crippen molar-refractivity contribution in [3.05, 3.63) is 28.6 Å². The van der Waals surface area contributed by atoms with E-state index in [0.717, 1.165) is 15.6 Å². The normalized spacial score (nSPS) is 32.0. The summed E-state index contributed by atoms with van der Waals surface area (Å²) in [5.74, 6) is -0.297. The van der Waals surface area contributed by atoms with Gasteiger partial charge in [-0.3, -0.25) is 28.0 Å². The largest absolute Gasteiger partial charge is 1.00 e. The number of fused-ring (bicyclic) bond motifs is 1. The van der Waals surface area contributed by atoms with E-state index in [1.54, 1.807) is 6.92 Å². The van der Waals surface area contributed by atoms with E-state index in [1.165, 1.54) is 13.1 Å². The Morgan fingerprint density at radius 1 is 1.04 bits per heavy atom. The van der Waals surface area contributed by atoms with Crippen molar-refractivity contribution >= 4 is 32.8 Å². The van der Waals surface area contributed by atoms with Crippen LogP contribution in [0.3, 0.4) is 0 Å². The van der Waals surface area contributed by atoms with Crippen LogP contribution in [0.15, 0.2) is 17.3 Å². The predicted molar refractivity (Wildman–Crippen MR) is 148 cm³/mol. The summed E-state index contributed by atoms with van der Waals surface area (Å²) in [5.41, 5.74) is 3.31. The predicted octanol–water partition coefficient (Wildman–Crippen LogP) is -11.0. The van der Waals surface area contributed by atoms with E-state index in [9.17, 15) is 54.4 Å². The van der Waals surface area contributed by atoms with Gasteiger partial charge >= 0.3 is 59.1 Å². The summed E-state index contributed by atoms with van der Waals surface area (Å²) in [6.07, 6.45) is -13.9. The number of aromatic nitrogens is 7. The Kier molecular flexibility index (Phi) is 14.6. The Labute approximate surface area is 325 Å². The number of anilines is 1. The summed E-state index contributed by atoms with van der Waals surface area (Å²) in [5, 5.41) is 69.8. The van der Waals surface area contributed by atoms with Gasteiger partial charge in [0.1, 0.15) is 54.0 Å². The van der Waals surface area contributed by atoms with Crippen LogP contribution in [0.5, 0.6) is 0 Å². The van der Waals surface area contributed by atoms with E-state index in [4.69, 9.17) is 15.2 Å². The fourth-order valence-corrected chi connectivity index (χ4v) is 6.92. The average molecular weight is 772 g/mol. The molecule has 0 radical (unpaired) electrons. The quantitative estimate of drug-likeness (QED) is 0.0626. The van der Waals surface area contributed by atoms with Gasteiger partial charge in [-0.1, -0.05) is 12.1 Å². The third kappa shape index (κ3) is 9.47. The van der Waals surface area contributed by atoms with Crippen molar-refractivity contribution in [2.75, 3.05) is 12.3 Å². The number of nitrogen functional groups attached to an aromatic ring is 1. The van der Waals surface area contributed by atoms with Crippen LogP contribution in [0.25, 0.3) is 11.2 Å². The Hall–Kier alpha value is -0.770.